The van der Waals surface area contributed by atoms with Crippen LogP contribution in [0.2, 0.25) is 0 Å². The van der Waals surface area contributed by atoms with Gasteiger partial charge >= 0.3 is 0 Å². The van der Waals surface area contributed by atoms with Gasteiger partial charge in [-0.2, -0.15) is 0 Å². The molecule has 4 heteroatoms. The molecule has 98 valence electrons. The average molecular weight is 337 g/mol. The predicted octanol–water partition coefficient (Wildman–Crippen LogP) is 4.24. The molecule has 1 aromatic carbocycles. The van der Waals surface area contributed by atoms with Crippen molar-refractivity contribution in [1.82, 2.24) is 0 Å². The number of methoxy groups -OCH3 is 1. The molecule has 19 heavy (non-hydrogen) atoms. The first-order chi connectivity index (χ1) is 9.19. The molecule has 0 N–H and O–H groups in total. The van der Waals surface area contributed by atoms with Gasteiger partial charge in [0.25, 0.3) is 0 Å². The van der Waals surface area contributed by atoms with Crippen molar-refractivity contribution in [2.45, 2.75) is 19.3 Å². The summed E-state index contributed by atoms with van der Waals surface area (Å²) in [6.07, 6.45) is 3.44. The van der Waals surface area contributed by atoms with E-state index in [-0.39, 0.29) is 5.78 Å². The number of aryl methyl sites for hydroxylation is 2. The van der Waals surface area contributed by atoms with Crippen LogP contribution < -0.4 is 4.74 Å². The molecular formula is C15H13BrO2S. The van der Waals surface area contributed by atoms with E-state index in [0.717, 1.165) is 22.2 Å². The van der Waals surface area contributed by atoms with Gasteiger partial charge < -0.3 is 4.74 Å². The molecule has 0 saturated carbocycles. The Morgan fingerprint density at radius 3 is 2.89 bits per heavy atom. The van der Waals surface area contributed by atoms with E-state index in [1.807, 2.05) is 18.2 Å². The number of carbonyl (C=O) groups excluding carboxylic acids is 1. The third-order valence-electron chi connectivity index (χ3n) is 3.38. The molecule has 0 amide bonds. The highest BCUT2D eigenvalue weighted by Gasteiger charge is 2.21. The van der Waals surface area contributed by atoms with Gasteiger partial charge in [-0.05, 0) is 49.1 Å². The lowest BCUT2D eigenvalue weighted by atomic mass is 10.1. The van der Waals surface area contributed by atoms with Crippen molar-refractivity contribution in [2.75, 3.05) is 7.11 Å². The van der Waals surface area contributed by atoms with Gasteiger partial charge in [-0.25, -0.2) is 0 Å². The van der Waals surface area contributed by atoms with Gasteiger partial charge in [-0.1, -0.05) is 15.9 Å². The normalized spacial score (nSPS) is 13.4. The number of hydrogen-bond acceptors (Lipinski definition) is 3. The van der Waals surface area contributed by atoms with Crippen LogP contribution in [-0.4, -0.2) is 12.9 Å². The number of carbonyl (C=O) groups is 1. The third-order valence-corrected chi connectivity index (χ3v) is 5.11. The van der Waals surface area contributed by atoms with E-state index in [0.29, 0.717) is 11.3 Å². The average Bonchev–Trinajstić information content (AvgIpc) is 2.98. The second kappa shape index (κ2) is 5.10. The fourth-order valence-corrected chi connectivity index (χ4v) is 4.00. The lowest BCUT2D eigenvalue weighted by molar-refractivity contribution is 0.103. The molecule has 1 aliphatic rings. The van der Waals surface area contributed by atoms with E-state index in [9.17, 15) is 4.79 Å². The fourth-order valence-electron chi connectivity index (χ4n) is 2.43. The van der Waals surface area contributed by atoms with Crippen LogP contribution in [0.3, 0.4) is 0 Å². The number of thiophene rings is 1. The molecule has 2 aromatic rings. The Kier molecular flexibility index (Phi) is 3.46. The first-order valence-electron chi connectivity index (χ1n) is 6.19. The second-order valence-electron chi connectivity index (χ2n) is 4.59. The van der Waals surface area contributed by atoms with Crippen molar-refractivity contribution < 1.29 is 9.53 Å². The summed E-state index contributed by atoms with van der Waals surface area (Å²) >= 11 is 5.04. The third kappa shape index (κ3) is 2.35. The van der Waals surface area contributed by atoms with Crippen LogP contribution in [0.5, 0.6) is 5.75 Å². The molecule has 1 heterocycles. The summed E-state index contributed by atoms with van der Waals surface area (Å²) in [5.74, 6) is 0.680. The number of rotatable bonds is 3. The summed E-state index contributed by atoms with van der Waals surface area (Å²) in [7, 11) is 1.59. The Morgan fingerprint density at radius 1 is 1.32 bits per heavy atom. The van der Waals surface area contributed by atoms with E-state index in [4.69, 9.17) is 4.74 Å². The van der Waals surface area contributed by atoms with Gasteiger partial charge in [0.05, 0.1) is 17.6 Å². The summed E-state index contributed by atoms with van der Waals surface area (Å²) in [4.78, 5) is 14.8. The Labute approximate surface area is 124 Å². The van der Waals surface area contributed by atoms with Crippen LogP contribution in [0.4, 0.5) is 0 Å². The number of benzene rings is 1. The highest BCUT2D eigenvalue weighted by atomic mass is 79.9. The van der Waals surface area contributed by atoms with Crippen LogP contribution >= 0.6 is 27.3 Å². The minimum absolute atomic E-state index is 0.0533. The maximum atomic E-state index is 12.6. The Balaban J connectivity index is 2.01. The zero-order valence-corrected chi connectivity index (χ0v) is 12.9. The number of fused-ring (bicyclic) bond motifs is 1. The summed E-state index contributed by atoms with van der Waals surface area (Å²) in [6.45, 7) is 0. The maximum absolute atomic E-state index is 12.6. The minimum atomic E-state index is 0.0533. The molecule has 0 atom stereocenters. The number of hydrogen-bond donors (Lipinski definition) is 0. The standard InChI is InChI=1S/C15H13BrO2S/c1-18-12-6-5-10(16)8-11(12)15(17)14-7-9-3-2-4-13(9)19-14/h5-8H,2-4H2,1H3. The first-order valence-corrected chi connectivity index (χ1v) is 7.80. The van der Waals surface area contributed by atoms with Crippen LogP contribution in [0, 0.1) is 0 Å². The van der Waals surface area contributed by atoms with Crippen LogP contribution in [-0.2, 0) is 12.8 Å². The van der Waals surface area contributed by atoms with Crippen LogP contribution in [0.1, 0.15) is 32.1 Å². The SMILES string of the molecule is COc1ccc(Br)cc1C(=O)c1cc2c(s1)CCC2. The predicted molar refractivity (Wildman–Crippen MR) is 80.5 cm³/mol. The molecule has 1 aliphatic carbocycles. The van der Waals surface area contributed by atoms with Gasteiger partial charge in [0.1, 0.15) is 5.75 Å². The smallest absolute Gasteiger partial charge is 0.206 e. The van der Waals surface area contributed by atoms with Crippen molar-refractivity contribution in [3.63, 3.8) is 0 Å². The summed E-state index contributed by atoms with van der Waals surface area (Å²) in [5.41, 5.74) is 1.97. The van der Waals surface area contributed by atoms with E-state index in [2.05, 4.69) is 22.0 Å². The summed E-state index contributed by atoms with van der Waals surface area (Å²) in [6, 6.07) is 7.57. The fraction of sp³-hybridized carbons (Fsp3) is 0.267. The lowest BCUT2D eigenvalue weighted by Gasteiger charge is -2.07. The van der Waals surface area contributed by atoms with Crippen molar-refractivity contribution in [3.05, 3.63) is 49.6 Å². The number of ether oxygens (including phenoxy) is 1. The van der Waals surface area contributed by atoms with Crippen LogP contribution in [0.25, 0.3) is 0 Å². The zero-order valence-electron chi connectivity index (χ0n) is 10.5. The van der Waals surface area contributed by atoms with Crippen molar-refractivity contribution in [3.8, 4) is 5.75 Å². The number of ketones is 1. The van der Waals surface area contributed by atoms with E-state index >= 15 is 0 Å². The first kappa shape index (κ1) is 12.9. The van der Waals surface area contributed by atoms with Crippen molar-refractivity contribution in [2.24, 2.45) is 0 Å². The van der Waals surface area contributed by atoms with Gasteiger partial charge in [0.2, 0.25) is 5.78 Å². The van der Waals surface area contributed by atoms with E-state index < -0.39 is 0 Å². The molecule has 0 bridgehead atoms. The molecule has 0 spiro atoms. The van der Waals surface area contributed by atoms with Crippen molar-refractivity contribution >= 4 is 33.0 Å². The highest BCUT2D eigenvalue weighted by Crippen LogP contribution is 2.33. The van der Waals surface area contributed by atoms with Gasteiger partial charge in [-0.15, -0.1) is 11.3 Å². The summed E-state index contributed by atoms with van der Waals surface area (Å²) in [5, 5.41) is 0. The Hall–Kier alpha value is -1.13. The second-order valence-corrected chi connectivity index (χ2v) is 6.64. The largest absolute Gasteiger partial charge is 0.496 e. The monoisotopic (exact) mass is 336 g/mol. The molecule has 0 radical (unpaired) electrons. The molecule has 0 aliphatic heterocycles. The molecule has 1 aromatic heterocycles. The molecule has 0 saturated heterocycles. The Morgan fingerprint density at radius 2 is 2.16 bits per heavy atom. The van der Waals surface area contributed by atoms with Gasteiger partial charge in [0, 0.05) is 9.35 Å². The van der Waals surface area contributed by atoms with Gasteiger partial charge in [-0.3, -0.25) is 4.79 Å². The molecule has 3 rings (SSSR count). The molecule has 2 nitrogen and oxygen atoms in total. The lowest BCUT2D eigenvalue weighted by Crippen LogP contribution is -2.02. The topological polar surface area (TPSA) is 26.3 Å². The van der Waals surface area contributed by atoms with E-state index in [1.54, 1.807) is 18.4 Å². The summed E-state index contributed by atoms with van der Waals surface area (Å²) < 4.78 is 6.17. The van der Waals surface area contributed by atoms with Gasteiger partial charge in [0.15, 0.2) is 0 Å². The molecule has 0 fully saturated rings. The quantitative estimate of drug-likeness (QED) is 0.783. The highest BCUT2D eigenvalue weighted by molar-refractivity contribution is 9.10. The van der Waals surface area contributed by atoms with Crippen LogP contribution in [0.15, 0.2) is 28.7 Å². The molecule has 0 unspecified atom stereocenters. The zero-order chi connectivity index (χ0) is 13.4. The maximum Gasteiger partial charge on any atom is 0.206 e. The van der Waals surface area contributed by atoms with E-state index in [1.165, 1.54) is 16.9 Å². The molecular weight excluding hydrogens is 324 g/mol. The number of halogens is 1. The minimum Gasteiger partial charge on any atom is -0.496 e. The van der Waals surface area contributed by atoms with Crippen molar-refractivity contribution in [1.29, 1.82) is 0 Å². The Bertz CT molecular complexity index is 624.